The fraction of sp³-hybridized carbons (Fsp3) is 1.00. The molecule has 1 N–H and O–H groups in total. The Morgan fingerprint density at radius 2 is 2.00 bits per heavy atom. The highest BCUT2D eigenvalue weighted by Gasteiger charge is 2.28. The highest BCUT2D eigenvalue weighted by molar-refractivity contribution is 4.82. The van der Waals surface area contributed by atoms with E-state index in [4.69, 9.17) is 0 Å². The van der Waals surface area contributed by atoms with Gasteiger partial charge in [-0.1, -0.05) is 20.8 Å². The molecule has 0 bridgehead atoms. The number of rotatable bonds is 6. The largest absolute Gasteiger partial charge is 0.314 e. The predicted molar refractivity (Wildman–Crippen MR) is 76.4 cm³/mol. The first-order valence-electron chi connectivity index (χ1n) is 7.52. The van der Waals surface area contributed by atoms with E-state index in [-0.39, 0.29) is 0 Å². The molecule has 2 heteroatoms. The number of hydrogen-bond acceptors (Lipinski definition) is 2. The maximum absolute atomic E-state index is 3.58. The molecule has 1 aliphatic rings. The van der Waals surface area contributed by atoms with Crippen molar-refractivity contribution in [2.24, 2.45) is 11.8 Å². The average molecular weight is 240 g/mol. The van der Waals surface area contributed by atoms with E-state index in [9.17, 15) is 0 Å². The fourth-order valence-corrected chi connectivity index (χ4v) is 2.98. The Hall–Kier alpha value is -0.0800. The molecule has 0 aliphatic carbocycles. The van der Waals surface area contributed by atoms with Crippen LogP contribution in [-0.2, 0) is 0 Å². The summed E-state index contributed by atoms with van der Waals surface area (Å²) in [6.45, 7) is 15.5. The lowest BCUT2D eigenvalue weighted by Crippen LogP contribution is -2.47. The lowest BCUT2D eigenvalue weighted by molar-refractivity contribution is 0.0764. The normalized spacial score (nSPS) is 32.6. The SMILES string of the molecule is CCCNC(C)CCN1CC(C)CC(C)C1C. The lowest BCUT2D eigenvalue weighted by Gasteiger charge is -2.41. The van der Waals surface area contributed by atoms with Crippen LogP contribution in [0.25, 0.3) is 0 Å². The van der Waals surface area contributed by atoms with Crippen molar-refractivity contribution in [2.75, 3.05) is 19.6 Å². The van der Waals surface area contributed by atoms with Gasteiger partial charge in [0.15, 0.2) is 0 Å². The van der Waals surface area contributed by atoms with Gasteiger partial charge in [0, 0.05) is 18.6 Å². The van der Waals surface area contributed by atoms with Crippen LogP contribution in [-0.4, -0.2) is 36.6 Å². The van der Waals surface area contributed by atoms with Crippen LogP contribution in [0.3, 0.4) is 0 Å². The van der Waals surface area contributed by atoms with Gasteiger partial charge in [-0.15, -0.1) is 0 Å². The van der Waals surface area contributed by atoms with Crippen LogP contribution in [0.1, 0.15) is 53.9 Å². The Morgan fingerprint density at radius 1 is 1.29 bits per heavy atom. The molecule has 2 nitrogen and oxygen atoms in total. The van der Waals surface area contributed by atoms with E-state index < -0.39 is 0 Å². The van der Waals surface area contributed by atoms with Gasteiger partial charge in [0.2, 0.25) is 0 Å². The lowest BCUT2D eigenvalue weighted by atomic mass is 9.86. The van der Waals surface area contributed by atoms with E-state index in [1.807, 2.05) is 0 Å². The third-order valence-electron chi connectivity index (χ3n) is 4.31. The van der Waals surface area contributed by atoms with Crippen molar-refractivity contribution in [1.29, 1.82) is 0 Å². The maximum Gasteiger partial charge on any atom is 0.00927 e. The Bertz CT molecular complexity index is 205. The van der Waals surface area contributed by atoms with E-state index in [1.54, 1.807) is 0 Å². The molecule has 0 spiro atoms. The van der Waals surface area contributed by atoms with Gasteiger partial charge in [-0.25, -0.2) is 0 Å². The smallest absolute Gasteiger partial charge is 0.00927 e. The molecule has 4 atom stereocenters. The van der Waals surface area contributed by atoms with Crippen LogP contribution < -0.4 is 5.32 Å². The Morgan fingerprint density at radius 3 is 2.65 bits per heavy atom. The van der Waals surface area contributed by atoms with Crippen LogP contribution >= 0.6 is 0 Å². The van der Waals surface area contributed by atoms with Crippen molar-refractivity contribution in [3.63, 3.8) is 0 Å². The molecule has 1 rings (SSSR count). The molecule has 0 saturated carbocycles. The highest BCUT2D eigenvalue weighted by atomic mass is 15.2. The molecular weight excluding hydrogens is 208 g/mol. The second-order valence-electron chi connectivity index (χ2n) is 6.20. The van der Waals surface area contributed by atoms with Crippen LogP contribution in [0.15, 0.2) is 0 Å². The van der Waals surface area contributed by atoms with Gasteiger partial charge in [0.05, 0.1) is 0 Å². The van der Waals surface area contributed by atoms with Crippen molar-refractivity contribution in [2.45, 2.75) is 66.0 Å². The molecule has 1 aliphatic heterocycles. The first-order valence-corrected chi connectivity index (χ1v) is 7.52. The summed E-state index contributed by atoms with van der Waals surface area (Å²) in [4.78, 5) is 2.70. The van der Waals surface area contributed by atoms with Crippen molar-refractivity contribution in [1.82, 2.24) is 10.2 Å². The molecule has 102 valence electrons. The number of likely N-dealkylation sites (tertiary alicyclic amines) is 1. The van der Waals surface area contributed by atoms with Gasteiger partial charge < -0.3 is 10.2 Å². The summed E-state index contributed by atoms with van der Waals surface area (Å²) >= 11 is 0. The zero-order valence-corrected chi connectivity index (χ0v) is 12.5. The van der Waals surface area contributed by atoms with Gasteiger partial charge in [-0.2, -0.15) is 0 Å². The van der Waals surface area contributed by atoms with Gasteiger partial charge in [0.1, 0.15) is 0 Å². The van der Waals surface area contributed by atoms with E-state index in [0.29, 0.717) is 6.04 Å². The molecule has 4 unspecified atom stereocenters. The standard InChI is InChI=1S/C15H32N2/c1-6-8-16-14(4)7-9-17-11-12(2)10-13(3)15(17)5/h12-16H,6-11H2,1-5H3. The van der Waals surface area contributed by atoms with E-state index in [1.165, 1.54) is 32.4 Å². The van der Waals surface area contributed by atoms with Crippen molar-refractivity contribution in [3.8, 4) is 0 Å². The molecule has 1 fully saturated rings. The monoisotopic (exact) mass is 240 g/mol. The molecule has 0 radical (unpaired) electrons. The van der Waals surface area contributed by atoms with Crippen molar-refractivity contribution < 1.29 is 0 Å². The summed E-state index contributed by atoms with van der Waals surface area (Å²) in [6, 6.07) is 1.43. The van der Waals surface area contributed by atoms with Gasteiger partial charge >= 0.3 is 0 Å². The summed E-state index contributed by atoms with van der Waals surface area (Å²) in [5.41, 5.74) is 0. The molecule has 0 aromatic carbocycles. The first-order chi connectivity index (χ1) is 8.04. The molecule has 1 heterocycles. The summed E-state index contributed by atoms with van der Waals surface area (Å²) in [7, 11) is 0. The van der Waals surface area contributed by atoms with E-state index >= 15 is 0 Å². The topological polar surface area (TPSA) is 15.3 Å². The number of nitrogens with one attached hydrogen (secondary N) is 1. The first kappa shape index (κ1) is 15.0. The van der Waals surface area contributed by atoms with E-state index in [2.05, 4.69) is 44.8 Å². The molecule has 0 amide bonds. The number of piperidine rings is 1. The summed E-state index contributed by atoms with van der Waals surface area (Å²) in [5.74, 6) is 1.73. The summed E-state index contributed by atoms with van der Waals surface area (Å²) in [6.07, 6.45) is 3.92. The third-order valence-corrected chi connectivity index (χ3v) is 4.31. The number of hydrogen-bond donors (Lipinski definition) is 1. The zero-order valence-electron chi connectivity index (χ0n) is 12.5. The molecule has 0 aromatic heterocycles. The summed E-state index contributed by atoms with van der Waals surface area (Å²) < 4.78 is 0. The van der Waals surface area contributed by atoms with Crippen LogP contribution in [0.2, 0.25) is 0 Å². The van der Waals surface area contributed by atoms with Gasteiger partial charge in [-0.05, 0) is 58.0 Å². The minimum Gasteiger partial charge on any atom is -0.314 e. The molecular formula is C15H32N2. The van der Waals surface area contributed by atoms with E-state index in [0.717, 1.165) is 24.4 Å². The molecule has 1 saturated heterocycles. The zero-order chi connectivity index (χ0) is 12.8. The van der Waals surface area contributed by atoms with Crippen molar-refractivity contribution >= 4 is 0 Å². The second-order valence-corrected chi connectivity index (χ2v) is 6.20. The quantitative estimate of drug-likeness (QED) is 0.767. The second kappa shape index (κ2) is 7.38. The van der Waals surface area contributed by atoms with Gasteiger partial charge in [0.25, 0.3) is 0 Å². The average Bonchev–Trinajstić information content (AvgIpc) is 2.29. The molecule has 0 aromatic rings. The van der Waals surface area contributed by atoms with Crippen molar-refractivity contribution in [3.05, 3.63) is 0 Å². The van der Waals surface area contributed by atoms with Crippen LogP contribution in [0, 0.1) is 11.8 Å². The Labute approximate surface area is 108 Å². The fourth-order valence-electron chi connectivity index (χ4n) is 2.98. The van der Waals surface area contributed by atoms with Crippen LogP contribution in [0.4, 0.5) is 0 Å². The molecule has 17 heavy (non-hydrogen) atoms. The minimum atomic E-state index is 0.662. The van der Waals surface area contributed by atoms with Crippen LogP contribution in [0.5, 0.6) is 0 Å². The number of nitrogens with zero attached hydrogens (tertiary/aromatic N) is 1. The predicted octanol–water partition coefficient (Wildman–Crippen LogP) is 3.13. The highest BCUT2D eigenvalue weighted by Crippen LogP contribution is 2.26. The Kier molecular flexibility index (Phi) is 6.50. The Balaban J connectivity index is 2.29. The minimum absolute atomic E-state index is 0.662. The third kappa shape index (κ3) is 4.97. The maximum atomic E-state index is 3.58. The van der Waals surface area contributed by atoms with Gasteiger partial charge in [-0.3, -0.25) is 0 Å². The summed E-state index contributed by atoms with van der Waals surface area (Å²) in [5, 5.41) is 3.58.